The van der Waals surface area contributed by atoms with Crippen molar-refractivity contribution in [3.8, 4) is 0 Å². The fraction of sp³-hybridized carbons (Fsp3) is 0.353. The predicted octanol–water partition coefficient (Wildman–Crippen LogP) is 3.37. The van der Waals surface area contributed by atoms with E-state index in [4.69, 9.17) is 11.6 Å². The van der Waals surface area contributed by atoms with Crippen molar-refractivity contribution in [3.63, 3.8) is 0 Å². The molecule has 1 unspecified atom stereocenters. The molecule has 0 spiro atoms. The minimum absolute atomic E-state index is 0.203. The Balaban J connectivity index is 1.87. The lowest BCUT2D eigenvalue weighted by molar-refractivity contribution is 0.191. The number of benzene rings is 1. The van der Waals surface area contributed by atoms with Crippen molar-refractivity contribution in [2.45, 2.75) is 19.4 Å². The third-order valence-corrected chi connectivity index (χ3v) is 4.67. The van der Waals surface area contributed by atoms with Gasteiger partial charge in [0.2, 0.25) is 0 Å². The Morgan fingerprint density at radius 2 is 2.08 bits per heavy atom. The molecule has 0 aliphatic rings. The average Bonchev–Trinajstić information content (AvgIpc) is 3.00. The van der Waals surface area contributed by atoms with E-state index in [1.165, 1.54) is 17.4 Å². The van der Waals surface area contributed by atoms with Crippen molar-refractivity contribution < 1.29 is 9.50 Å². The monoisotopic (exact) mass is 369 g/mol. The van der Waals surface area contributed by atoms with Crippen LogP contribution >= 0.6 is 22.9 Å². The molecule has 1 aromatic carbocycles. The van der Waals surface area contributed by atoms with Gasteiger partial charge in [0.15, 0.2) is 5.96 Å². The third kappa shape index (κ3) is 5.78. The van der Waals surface area contributed by atoms with Crippen LogP contribution in [-0.2, 0) is 6.42 Å². The van der Waals surface area contributed by atoms with E-state index in [9.17, 15) is 9.50 Å². The number of rotatable bonds is 7. The Morgan fingerprint density at radius 1 is 1.29 bits per heavy atom. The highest BCUT2D eigenvalue weighted by Gasteiger charge is 2.10. The van der Waals surface area contributed by atoms with Crippen LogP contribution in [0.4, 0.5) is 4.39 Å². The molecule has 2 aromatic rings. The molecule has 1 aromatic heterocycles. The second kappa shape index (κ2) is 9.61. The van der Waals surface area contributed by atoms with Crippen LogP contribution in [-0.4, -0.2) is 30.7 Å². The number of nitrogens with zero attached hydrogens (tertiary/aromatic N) is 1. The second-order valence-electron chi connectivity index (χ2n) is 5.15. The van der Waals surface area contributed by atoms with Gasteiger partial charge in [0.25, 0.3) is 0 Å². The highest BCUT2D eigenvalue weighted by molar-refractivity contribution is 7.16. The van der Waals surface area contributed by atoms with Gasteiger partial charge < -0.3 is 15.7 Å². The predicted molar refractivity (Wildman–Crippen MR) is 98.4 cm³/mol. The maximum Gasteiger partial charge on any atom is 0.191 e. The van der Waals surface area contributed by atoms with Gasteiger partial charge >= 0.3 is 0 Å². The zero-order valence-electron chi connectivity index (χ0n) is 13.4. The molecule has 7 heteroatoms. The molecule has 130 valence electrons. The molecule has 0 saturated heterocycles. The molecule has 24 heavy (non-hydrogen) atoms. The van der Waals surface area contributed by atoms with Crippen molar-refractivity contribution in [1.82, 2.24) is 10.6 Å². The number of aliphatic hydroxyl groups excluding tert-OH is 1. The molecule has 0 radical (unpaired) electrons. The van der Waals surface area contributed by atoms with Crippen LogP contribution in [0, 0.1) is 5.82 Å². The van der Waals surface area contributed by atoms with Gasteiger partial charge in [-0.15, -0.1) is 11.3 Å². The van der Waals surface area contributed by atoms with Gasteiger partial charge in [0, 0.05) is 18.0 Å². The van der Waals surface area contributed by atoms with Gasteiger partial charge in [-0.3, -0.25) is 4.99 Å². The standard InChI is InChI=1S/C17H21ClFN3OS/c1-2-20-17(21-10-9-12-5-3-4-6-13(12)19)22-11-14(23)15-7-8-16(18)24-15/h3-8,14,23H,2,9-11H2,1H3,(H2,20,21,22). The Kier molecular flexibility index (Phi) is 7.49. The van der Waals surface area contributed by atoms with Crippen LogP contribution in [0.2, 0.25) is 4.34 Å². The number of nitrogens with one attached hydrogen (secondary N) is 2. The number of thiophene rings is 1. The number of hydrogen-bond acceptors (Lipinski definition) is 3. The summed E-state index contributed by atoms with van der Waals surface area (Å²) in [6, 6.07) is 10.3. The first-order valence-electron chi connectivity index (χ1n) is 7.79. The molecule has 1 heterocycles. The topological polar surface area (TPSA) is 56.7 Å². The molecule has 0 amide bonds. The molecular formula is C17H21ClFN3OS. The van der Waals surface area contributed by atoms with Crippen LogP contribution in [0.5, 0.6) is 0 Å². The molecule has 1 atom stereocenters. The van der Waals surface area contributed by atoms with Gasteiger partial charge in [-0.25, -0.2) is 4.39 Å². The number of guanidine groups is 1. The van der Waals surface area contributed by atoms with Crippen molar-refractivity contribution >= 4 is 28.9 Å². The third-order valence-electron chi connectivity index (χ3n) is 3.33. The Bertz CT molecular complexity index is 677. The zero-order chi connectivity index (χ0) is 17.4. The molecule has 0 aliphatic heterocycles. The number of aliphatic hydroxyl groups is 1. The first-order chi connectivity index (χ1) is 11.6. The molecule has 3 N–H and O–H groups in total. The van der Waals surface area contributed by atoms with Crippen LogP contribution in [0.1, 0.15) is 23.5 Å². The largest absolute Gasteiger partial charge is 0.386 e. The lowest BCUT2D eigenvalue weighted by atomic mass is 10.1. The van der Waals surface area contributed by atoms with Gasteiger partial charge in [0.05, 0.1) is 10.9 Å². The molecule has 0 fully saturated rings. The molecular weight excluding hydrogens is 349 g/mol. The second-order valence-corrected chi connectivity index (χ2v) is 6.89. The lowest BCUT2D eigenvalue weighted by Crippen LogP contribution is -2.38. The number of aliphatic imine (C=N–C) groups is 1. The summed E-state index contributed by atoms with van der Waals surface area (Å²) in [5.74, 6) is 0.391. The molecule has 0 bridgehead atoms. The van der Waals surface area contributed by atoms with Gasteiger partial charge in [-0.05, 0) is 37.1 Å². The minimum Gasteiger partial charge on any atom is -0.386 e. The number of halogens is 2. The van der Waals surface area contributed by atoms with E-state index in [-0.39, 0.29) is 12.4 Å². The van der Waals surface area contributed by atoms with Crippen molar-refractivity contribution in [3.05, 3.63) is 57.0 Å². The highest BCUT2D eigenvalue weighted by Crippen LogP contribution is 2.26. The van der Waals surface area contributed by atoms with Gasteiger partial charge in [-0.2, -0.15) is 0 Å². The zero-order valence-corrected chi connectivity index (χ0v) is 15.0. The summed E-state index contributed by atoms with van der Waals surface area (Å²) in [6.07, 6.45) is -0.135. The van der Waals surface area contributed by atoms with Crippen molar-refractivity contribution in [2.75, 3.05) is 19.6 Å². The number of hydrogen-bond donors (Lipinski definition) is 3. The summed E-state index contributed by atoms with van der Waals surface area (Å²) in [7, 11) is 0. The van der Waals surface area contributed by atoms with Crippen molar-refractivity contribution in [1.29, 1.82) is 0 Å². The van der Waals surface area contributed by atoms with E-state index >= 15 is 0 Å². The van der Waals surface area contributed by atoms with Crippen LogP contribution in [0.3, 0.4) is 0 Å². The maximum absolute atomic E-state index is 13.6. The van der Waals surface area contributed by atoms with E-state index in [2.05, 4.69) is 15.6 Å². The average molecular weight is 370 g/mol. The van der Waals surface area contributed by atoms with Crippen LogP contribution in [0.25, 0.3) is 0 Å². The molecule has 4 nitrogen and oxygen atoms in total. The summed E-state index contributed by atoms with van der Waals surface area (Å²) in [4.78, 5) is 5.15. The summed E-state index contributed by atoms with van der Waals surface area (Å²) < 4.78 is 14.2. The molecule has 0 saturated carbocycles. The molecule has 2 rings (SSSR count). The van der Waals surface area contributed by atoms with E-state index in [0.717, 1.165) is 4.88 Å². The summed E-state index contributed by atoms with van der Waals surface area (Å²) >= 11 is 7.21. The lowest BCUT2D eigenvalue weighted by Gasteiger charge is -2.13. The summed E-state index contributed by atoms with van der Waals surface area (Å²) in [6.45, 7) is 3.44. The normalized spacial score (nSPS) is 12.9. The fourth-order valence-corrected chi connectivity index (χ4v) is 3.17. The first-order valence-corrected chi connectivity index (χ1v) is 8.98. The van der Waals surface area contributed by atoms with Gasteiger partial charge in [0.1, 0.15) is 11.9 Å². The van der Waals surface area contributed by atoms with E-state index in [0.29, 0.717) is 35.4 Å². The Morgan fingerprint density at radius 3 is 2.75 bits per heavy atom. The van der Waals surface area contributed by atoms with E-state index in [1.54, 1.807) is 24.3 Å². The fourth-order valence-electron chi connectivity index (χ4n) is 2.13. The summed E-state index contributed by atoms with van der Waals surface area (Å²) in [5.41, 5.74) is 0.661. The Hall–Kier alpha value is -1.63. The van der Waals surface area contributed by atoms with Crippen LogP contribution in [0.15, 0.2) is 41.4 Å². The maximum atomic E-state index is 13.6. The highest BCUT2D eigenvalue weighted by atomic mass is 35.5. The van der Waals surface area contributed by atoms with Gasteiger partial charge in [-0.1, -0.05) is 29.8 Å². The van der Waals surface area contributed by atoms with Crippen molar-refractivity contribution in [2.24, 2.45) is 4.99 Å². The minimum atomic E-state index is -0.690. The quantitative estimate of drug-likeness (QED) is 0.518. The SMILES string of the molecule is CCNC(=NCC(O)c1ccc(Cl)s1)NCCc1ccccc1F. The first kappa shape index (κ1) is 18.7. The Labute approximate surface area is 150 Å². The van der Waals surface area contributed by atoms with E-state index < -0.39 is 6.10 Å². The van der Waals surface area contributed by atoms with Crippen LogP contribution < -0.4 is 10.6 Å². The summed E-state index contributed by atoms with van der Waals surface area (Å²) in [5, 5.41) is 16.4. The molecule has 0 aliphatic carbocycles. The smallest absolute Gasteiger partial charge is 0.191 e. The van der Waals surface area contributed by atoms with E-state index in [1.807, 2.05) is 13.0 Å².